The SMILES string of the molecule is CC1([C@H](NC(=O)OCc2ccccc2)C(=O)OCc2ccccc2)OCCO1. The molecule has 3 rings (SSSR count). The van der Waals surface area contributed by atoms with Crippen molar-refractivity contribution in [2.45, 2.75) is 32.0 Å². The molecule has 2 aromatic carbocycles. The number of benzene rings is 2. The lowest BCUT2D eigenvalue weighted by Gasteiger charge is -2.30. The van der Waals surface area contributed by atoms with Crippen LogP contribution in [0.25, 0.3) is 0 Å². The van der Waals surface area contributed by atoms with Crippen LogP contribution in [-0.4, -0.2) is 37.1 Å². The van der Waals surface area contributed by atoms with E-state index in [1.165, 1.54) is 0 Å². The molecule has 0 unspecified atom stereocenters. The number of ether oxygens (including phenoxy) is 4. The van der Waals surface area contributed by atoms with Crippen LogP contribution in [0.1, 0.15) is 18.1 Å². The van der Waals surface area contributed by atoms with Crippen LogP contribution in [0.3, 0.4) is 0 Å². The van der Waals surface area contributed by atoms with Gasteiger partial charge in [0.15, 0.2) is 11.8 Å². The highest BCUT2D eigenvalue weighted by Gasteiger charge is 2.46. The van der Waals surface area contributed by atoms with Crippen LogP contribution in [0.5, 0.6) is 0 Å². The largest absolute Gasteiger partial charge is 0.459 e. The Kier molecular flexibility index (Phi) is 6.62. The smallest absolute Gasteiger partial charge is 0.408 e. The van der Waals surface area contributed by atoms with E-state index in [0.29, 0.717) is 13.2 Å². The summed E-state index contributed by atoms with van der Waals surface area (Å²) in [6, 6.07) is 17.3. The van der Waals surface area contributed by atoms with Crippen molar-refractivity contribution in [3.63, 3.8) is 0 Å². The number of nitrogens with one attached hydrogen (secondary N) is 1. The Labute approximate surface area is 163 Å². The van der Waals surface area contributed by atoms with E-state index in [2.05, 4.69) is 5.32 Å². The predicted octanol–water partition coefficient (Wildman–Crippen LogP) is 2.79. The molecule has 1 heterocycles. The summed E-state index contributed by atoms with van der Waals surface area (Å²) >= 11 is 0. The van der Waals surface area contributed by atoms with Crippen LogP contribution in [0.15, 0.2) is 60.7 Å². The van der Waals surface area contributed by atoms with Crippen molar-refractivity contribution in [3.8, 4) is 0 Å². The Balaban J connectivity index is 1.61. The maximum absolute atomic E-state index is 12.7. The zero-order chi connectivity index (χ0) is 19.8. The van der Waals surface area contributed by atoms with Gasteiger partial charge in [-0.05, 0) is 18.1 Å². The van der Waals surface area contributed by atoms with Crippen LogP contribution in [0.2, 0.25) is 0 Å². The number of hydrogen-bond acceptors (Lipinski definition) is 6. The maximum Gasteiger partial charge on any atom is 0.408 e. The molecular weight excluding hydrogens is 362 g/mol. The molecule has 28 heavy (non-hydrogen) atoms. The first-order valence-corrected chi connectivity index (χ1v) is 9.02. The monoisotopic (exact) mass is 385 g/mol. The van der Waals surface area contributed by atoms with Crippen molar-refractivity contribution >= 4 is 12.1 Å². The van der Waals surface area contributed by atoms with Crippen LogP contribution < -0.4 is 5.32 Å². The lowest BCUT2D eigenvalue weighted by Crippen LogP contribution is -2.56. The van der Waals surface area contributed by atoms with Crippen molar-refractivity contribution in [1.82, 2.24) is 5.32 Å². The highest BCUT2D eigenvalue weighted by molar-refractivity contribution is 5.82. The van der Waals surface area contributed by atoms with Crippen LogP contribution >= 0.6 is 0 Å². The number of amides is 1. The van der Waals surface area contributed by atoms with Crippen LogP contribution in [0.4, 0.5) is 4.79 Å². The highest BCUT2D eigenvalue weighted by Crippen LogP contribution is 2.24. The summed E-state index contributed by atoms with van der Waals surface area (Å²) in [7, 11) is 0. The van der Waals surface area contributed by atoms with Gasteiger partial charge in [0.1, 0.15) is 13.2 Å². The van der Waals surface area contributed by atoms with E-state index in [1.54, 1.807) is 6.92 Å². The average Bonchev–Trinajstić information content (AvgIpc) is 3.17. The molecular formula is C21H23NO6. The molecule has 1 amide bonds. The second-order valence-electron chi connectivity index (χ2n) is 6.45. The number of esters is 1. The first-order valence-electron chi connectivity index (χ1n) is 9.02. The predicted molar refractivity (Wildman–Crippen MR) is 100 cm³/mol. The number of hydrogen-bond donors (Lipinski definition) is 1. The van der Waals surface area contributed by atoms with Gasteiger partial charge in [0, 0.05) is 0 Å². The molecule has 0 spiro atoms. The normalized spacial score (nSPS) is 16.2. The topological polar surface area (TPSA) is 83.1 Å². The van der Waals surface area contributed by atoms with E-state index in [0.717, 1.165) is 11.1 Å². The summed E-state index contributed by atoms with van der Waals surface area (Å²) in [5.41, 5.74) is 1.67. The first kappa shape index (κ1) is 19.9. The van der Waals surface area contributed by atoms with Gasteiger partial charge < -0.3 is 24.3 Å². The summed E-state index contributed by atoms with van der Waals surface area (Å²) in [5.74, 6) is -1.98. The molecule has 1 atom stereocenters. The molecule has 0 radical (unpaired) electrons. The van der Waals surface area contributed by atoms with Crippen LogP contribution in [-0.2, 0) is 37.0 Å². The maximum atomic E-state index is 12.7. The van der Waals surface area contributed by atoms with Gasteiger partial charge in [0.05, 0.1) is 13.2 Å². The quantitative estimate of drug-likeness (QED) is 0.738. The summed E-state index contributed by atoms with van der Waals surface area (Å²) in [6.45, 7) is 2.38. The van der Waals surface area contributed by atoms with Gasteiger partial charge in [-0.2, -0.15) is 0 Å². The number of rotatable bonds is 7. The Morgan fingerprint density at radius 1 is 0.929 bits per heavy atom. The van der Waals surface area contributed by atoms with E-state index in [4.69, 9.17) is 18.9 Å². The van der Waals surface area contributed by atoms with Gasteiger partial charge in [-0.15, -0.1) is 0 Å². The van der Waals surface area contributed by atoms with E-state index in [9.17, 15) is 9.59 Å². The van der Waals surface area contributed by atoms with Gasteiger partial charge in [0.2, 0.25) is 0 Å². The number of carbonyl (C=O) groups excluding carboxylic acids is 2. The Morgan fingerprint density at radius 3 is 1.96 bits per heavy atom. The molecule has 1 fully saturated rings. The summed E-state index contributed by atoms with van der Waals surface area (Å²) in [6.07, 6.45) is -0.758. The van der Waals surface area contributed by atoms with Crippen molar-refractivity contribution < 1.29 is 28.5 Å². The minimum atomic E-state index is -1.32. The Hall–Kier alpha value is -2.90. The summed E-state index contributed by atoms with van der Waals surface area (Å²) in [5, 5.41) is 2.52. The third kappa shape index (κ3) is 5.31. The molecule has 0 bridgehead atoms. The molecule has 2 aromatic rings. The Bertz CT molecular complexity index is 774. The molecule has 148 valence electrons. The Morgan fingerprint density at radius 2 is 1.43 bits per heavy atom. The molecule has 0 aliphatic carbocycles. The fourth-order valence-corrected chi connectivity index (χ4v) is 2.80. The van der Waals surface area contributed by atoms with E-state index < -0.39 is 23.9 Å². The molecule has 0 aromatic heterocycles. The van der Waals surface area contributed by atoms with Gasteiger partial charge >= 0.3 is 12.1 Å². The van der Waals surface area contributed by atoms with Crippen LogP contribution in [0, 0.1) is 0 Å². The third-order valence-corrected chi connectivity index (χ3v) is 4.32. The van der Waals surface area contributed by atoms with Crippen molar-refractivity contribution in [1.29, 1.82) is 0 Å². The molecule has 1 N–H and O–H groups in total. The van der Waals surface area contributed by atoms with Crippen molar-refractivity contribution in [2.75, 3.05) is 13.2 Å². The van der Waals surface area contributed by atoms with Gasteiger partial charge in [0.25, 0.3) is 0 Å². The number of alkyl carbamates (subject to hydrolysis) is 1. The van der Waals surface area contributed by atoms with E-state index in [1.807, 2.05) is 60.7 Å². The molecule has 1 aliphatic heterocycles. The average molecular weight is 385 g/mol. The minimum absolute atomic E-state index is 0.0764. The fourth-order valence-electron chi connectivity index (χ4n) is 2.80. The van der Waals surface area contributed by atoms with E-state index >= 15 is 0 Å². The van der Waals surface area contributed by atoms with Gasteiger partial charge in [-0.1, -0.05) is 60.7 Å². The molecule has 7 nitrogen and oxygen atoms in total. The third-order valence-electron chi connectivity index (χ3n) is 4.32. The van der Waals surface area contributed by atoms with E-state index in [-0.39, 0.29) is 13.2 Å². The highest BCUT2D eigenvalue weighted by atomic mass is 16.7. The first-order chi connectivity index (χ1) is 13.6. The zero-order valence-corrected chi connectivity index (χ0v) is 15.6. The standard InChI is InChI=1S/C21H23NO6/c1-21(27-12-13-28-21)18(19(23)25-14-16-8-4-2-5-9-16)22-20(24)26-15-17-10-6-3-7-11-17/h2-11,18H,12-15H2,1H3,(H,22,24)/t18-/m1/s1. The lowest BCUT2D eigenvalue weighted by atomic mass is 10.1. The summed E-state index contributed by atoms with van der Waals surface area (Å²) in [4.78, 5) is 24.9. The van der Waals surface area contributed by atoms with Gasteiger partial charge in [-0.25, -0.2) is 9.59 Å². The molecule has 0 saturated carbocycles. The fraction of sp³-hybridized carbons (Fsp3) is 0.333. The second-order valence-corrected chi connectivity index (χ2v) is 6.45. The number of carbonyl (C=O) groups is 2. The molecule has 1 saturated heterocycles. The minimum Gasteiger partial charge on any atom is -0.459 e. The lowest BCUT2D eigenvalue weighted by molar-refractivity contribution is -0.187. The zero-order valence-electron chi connectivity index (χ0n) is 15.6. The second kappa shape index (κ2) is 9.34. The van der Waals surface area contributed by atoms with Crippen molar-refractivity contribution in [2.24, 2.45) is 0 Å². The molecule has 1 aliphatic rings. The van der Waals surface area contributed by atoms with Crippen molar-refractivity contribution in [3.05, 3.63) is 71.8 Å². The van der Waals surface area contributed by atoms with Gasteiger partial charge in [-0.3, -0.25) is 0 Å². The summed E-state index contributed by atoms with van der Waals surface area (Å²) < 4.78 is 21.7. The molecule has 7 heteroatoms.